The summed E-state index contributed by atoms with van der Waals surface area (Å²) in [6.07, 6.45) is 0.150. The van der Waals surface area contributed by atoms with Gasteiger partial charge in [-0.25, -0.2) is 4.79 Å². The summed E-state index contributed by atoms with van der Waals surface area (Å²) in [7, 11) is 0. The Morgan fingerprint density at radius 3 is 2.73 bits per heavy atom. The van der Waals surface area contributed by atoms with Crippen molar-refractivity contribution in [1.82, 2.24) is 0 Å². The number of para-hydroxylation sites is 1. The molecule has 0 fully saturated rings. The monoisotopic (exact) mass is 314 g/mol. The highest BCUT2D eigenvalue weighted by Gasteiger charge is 2.26. The predicted octanol–water partition coefficient (Wildman–Crippen LogP) is 3.67. The second kappa shape index (κ2) is 5.77. The highest BCUT2D eigenvalue weighted by molar-refractivity contribution is 7.10. The number of ketones is 1. The Labute approximate surface area is 130 Å². The fraction of sp³-hybridized carbons (Fsp3) is 0.176. The zero-order valence-corrected chi connectivity index (χ0v) is 12.7. The molecule has 0 bridgehead atoms. The van der Waals surface area contributed by atoms with E-state index in [1.165, 1.54) is 18.3 Å². The predicted molar refractivity (Wildman–Crippen MR) is 85.6 cm³/mol. The van der Waals surface area contributed by atoms with Gasteiger partial charge in [-0.2, -0.15) is 0 Å². The minimum atomic E-state index is -0.601. The number of hydrogen-bond acceptors (Lipinski definition) is 5. The Balaban J connectivity index is 2.26. The maximum absolute atomic E-state index is 12.3. The molecule has 22 heavy (non-hydrogen) atoms. The van der Waals surface area contributed by atoms with Crippen molar-refractivity contribution >= 4 is 28.1 Å². The van der Waals surface area contributed by atoms with E-state index in [9.17, 15) is 14.7 Å². The molecule has 3 rings (SSSR count). The summed E-state index contributed by atoms with van der Waals surface area (Å²) in [4.78, 5) is 24.8. The Morgan fingerprint density at radius 1 is 1.27 bits per heavy atom. The summed E-state index contributed by atoms with van der Waals surface area (Å²) in [5, 5.41) is 12.9. The maximum atomic E-state index is 12.3. The first-order chi connectivity index (χ1) is 10.6. The van der Waals surface area contributed by atoms with Gasteiger partial charge in [0, 0.05) is 17.2 Å². The summed E-state index contributed by atoms with van der Waals surface area (Å²) in [5.41, 5.74) is -0.117. The molecule has 112 valence electrons. The SMILES string of the molecule is CC(=O)CC(c1cccs1)c1c(O)c2ccccc2oc1=O. The van der Waals surface area contributed by atoms with Crippen molar-refractivity contribution in [1.29, 1.82) is 0 Å². The van der Waals surface area contributed by atoms with Crippen molar-refractivity contribution in [3.05, 3.63) is 62.6 Å². The van der Waals surface area contributed by atoms with E-state index in [-0.39, 0.29) is 23.5 Å². The van der Waals surface area contributed by atoms with Crippen LogP contribution < -0.4 is 5.63 Å². The van der Waals surface area contributed by atoms with Crippen LogP contribution >= 0.6 is 11.3 Å². The van der Waals surface area contributed by atoms with E-state index in [0.717, 1.165) is 4.88 Å². The van der Waals surface area contributed by atoms with Gasteiger partial charge in [-0.1, -0.05) is 18.2 Å². The zero-order valence-electron chi connectivity index (χ0n) is 11.9. The number of benzene rings is 1. The van der Waals surface area contributed by atoms with Gasteiger partial charge in [0.2, 0.25) is 0 Å². The summed E-state index contributed by atoms with van der Waals surface area (Å²) in [6, 6.07) is 10.5. The molecule has 0 amide bonds. The third-order valence-electron chi connectivity index (χ3n) is 3.55. The Morgan fingerprint density at radius 2 is 2.05 bits per heavy atom. The molecule has 0 radical (unpaired) electrons. The van der Waals surface area contributed by atoms with E-state index < -0.39 is 11.5 Å². The molecule has 3 aromatic rings. The van der Waals surface area contributed by atoms with Crippen LogP contribution in [0.3, 0.4) is 0 Å². The van der Waals surface area contributed by atoms with E-state index in [4.69, 9.17) is 4.42 Å². The first-order valence-electron chi connectivity index (χ1n) is 6.85. The number of carbonyl (C=O) groups excluding carboxylic acids is 1. The van der Waals surface area contributed by atoms with E-state index in [1.807, 2.05) is 17.5 Å². The molecule has 0 spiro atoms. The fourth-order valence-corrected chi connectivity index (χ4v) is 3.41. The lowest BCUT2D eigenvalue weighted by Crippen LogP contribution is -2.15. The van der Waals surface area contributed by atoms with E-state index in [2.05, 4.69) is 0 Å². The number of thiophene rings is 1. The summed E-state index contributed by atoms with van der Waals surface area (Å²) < 4.78 is 5.31. The molecule has 4 nitrogen and oxygen atoms in total. The molecule has 1 unspecified atom stereocenters. The number of rotatable bonds is 4. The van der Waals surface area contributed by atoms with Crippen molar-refractivity contribution in [2.24, 2.45) is 0 Å². The molecule has 1 aromatic carbocycles. The molecule has 2 heterocycles. The van der Waals surface area contributed by atoms with Crippen LogP contribution in [0.5, 0.6) is 5.75 Å². The molecule has 1 N–H and O–H groups in total. The third-order valence-corrected chi connectivity index (χ3v) is 4.53. The average Bonchev–Trinajstić information content (AvgIpc) is 3.00. The van der Waals surface area contributed by atoms with Crippen LogP contribution in [-0.4, -0.2) is 10.9 Å². The molecule has 0 saturated carbocycles. The van der Waals surface area contributed by atoms with Crippen molar-refractivity contribution in [2.75, 3.05) is 0 Å². The summed E-state index contributed by atoms with van der Waals surface area (Å²) in [5.74, 6) is -0.643. The fourth-order valence-electron chi connectivity index (χ4n) is 2.58. The first-order valence-corrected chi connectivity index (χ1v) is 7.73. The van der Waals surface area contributed by atoms with Gasteiger partial charge in [-0.3, -0.25) is 4.79 Å². The lowest BCUT2D eigenvalue weighted by atomic mass is 9.92. The number of carbonyl (C=O) groups is 1. The Kier molecular flexibility index (Phi) is 3.81. The highest BCUT2D eigenvalue weighted by atomic mass is 32.1. The van der Waals surface area contributed by atoms with E-state index >= 15 is 0 Å². The van der Waals surface area contributed by atoms with Crippen LogP contribution in [0.15, 0.2) is 51.0 Å². The normalized spacial score (nSPS) is 12.4. The largest absolute Gasteiger partial charge is 0.507 e. The van der Waals surface area contributed by atoms with Gasteiger partial charge >= 0.3 is 5.63 Å². The Bertz CT molecular complexity index is 877. The van der Waals surface area contributed by atoms with Crippen LogP contribution in [0.4, 0.5) is 0 Å². The topological polar surface area (TPSA) is 67.5 Å². The van der Waals surface area contributed by atoms with Crippen LogP contribution in [0.25, 0.3) is 11.0 Å². The quantitative estimate of drug-likeness (QED) is 0.746. The summed E-state index contributed by atoms with van der Waals surface area (Å²) in [6.45, 7) is 1.47. The average molecular weight is 314 g/mol. The highest BCUT2D eigenvalue weighted by Crippen LogP contribution is 2.37. The van der Waals surface area contributed by atoms with Gasteiger partial charge in [-0.05, 0) is 30.5 Å². The number of aromatic hydroxyl groups is 1. The second-order valence-electron chi connectivity index (χ2n) is 5.12. The molecule has 0 aliphatic rings. The molecule has 2 aromatic heterocycles. The van der Waals surface area contributed by atoms with Gasteiger partial charge < -0.3 is 9.52 Å². The maximum Gasteiger partial charge on any atom is 0.343 e. The smallest absolute Gasteiger partial charge is 0.343 e. The molecule has 5 heteroatoms. The molecule has 0 aliphatic carbocycles. The molecule has 0 saturated heterocycles. The Hall–Kier alpha value is -2.40. The van der Waals surface area contributed by atoms with Gasteiger partial charge in [0.15, 0.2) is 0 Å². The van der Waals surface area contributed by atoms with Crippen LogP contribution in [-0.2, 0) is 4.79 Å². The first kappa shape index (κ1) is 14.5. The number of Topliss-reactive ketones (excluding diaryl/α,β-unsaturated/α-hetero) is 1. The van der Waals surface area contributed by atoms with Crippen molar-refractivity contribution < 1.29 is 14.3 Å². The van der Waals surface area contributed by atoms with E-state index in [1.54, 1.807) is 24.3 Å². The van der Waals surface area contributed by atoms with Gasteiger partial charge in [0.1, 0.15) is 17.1 Å². The number of hydrogen-bond donors (Lipinski definition) is 1. The third kappa shape index (κ3) is 2.55. The summed E-state index contributed by atoms with van der Waals surface area (Å²) >= 11 is 1.45. The van der Waals surface area contributed by atoms with E-state index in [0.29, 0.717) is 11.0 Å². The van der Waals surface area contributed by atoms with Crippen LogP contribution in [0, 0.1) is 0 Å². The lowest BCUT2D eigenvalue weighted by Gasteiger charge is -2.15. The van der Waals surface area contributed by atoms with Crippen molar-refractivity contribution in [3.8, 4) is 5.75 Å². The minimum Gasteiger partial charge on any atom is -0.507 e. The van der Waals surface area contributed by atoms with Gasteiger partial charge in [0.25, 0.3) is 0 Å². The minimum absolute atomic E-state index is 0.0506. The van der Waals surface area contributed by atoms with Gasteiger partial charge in [-0.15, -0.1) is 11.3 Å². The second-order valence-corrected chi connectivity index (χ2v) is 6.10. The molecule has 1 atom stereocenters. The molecular formula is C17H14O4S. The van der Waals surface area contributed by atoms with Crippen LogP contribution in [0.2, 0.25) is 0 Å². The lowest BCUT2D eigenvalue weighted by molar-refractivity contribution is -0.117. The number of fused-ring (bicyclic) bond motifs is 1. The van der Waals surface area contributed by atoms with Crippen molar-refractivity contribution in [3.63, 3.8) is 0 Å². The van der Waals surface area contributed by atoms with Crippen molar-refractivity contribution in [2.45, 2.75) is 19.3 Å². The molecule has 0 aliphatic heterocycles. The van der Waals surface area contributed by atoms with Gasteiger partial charge in [0.05, 0.1) is 10.9 Å². The van der Waals surface area contributed by atoms with Crippen LogP contribution in [0.1, 0.15) is 29.7 Å². The standard InChI is InChI=1S/C17H14O4S/c1-10(18)9-12(14-7-4-8-22-14)15-16(19)11-5-2-3-6-13(11)21-17(15)20/h2-8,12,19H,9H2,1H3. The zero-order chi connectivity index (χ0) is 15.7. The molecular weight excluding hydrogens is 300 g/mol.